The number of rotatable bonds is 6. The van der Waals surface area contributed by atoms with Gasteiger partial charge in [0.1, 0.15) is 6.54 Å². The maximum Gasteiger partial charge on any atom is 0.255 e. The second kappa shape index (κ2) is 8.67. The van der Waals surface area contributed by atoms with E-state index in [4.69, 9.17) is 23.2 Å². The molecular weight excluding hydrogens is 397 g/mol. The molecule has 3 rings (SSSR count). The SMILES string of the molecule is CCN(CC)C(=O)c1ccc(NC(=O)Cn2ccc3ccc(Cl)cc32)cc1Cl. The molecule has 28 heavy (non-hydrogen) atoms. The van der Waals surface area contributed by atoms with Gasteiger partial charge in [-0.1, -0.05) is 29.3 Å². The Labute approximate surface area is 173 Å². The number of benzene rings is 2. The molecule has 2 amide bonds. The van der Waals surface area contributed by atoms with Gasteiger partial charge in [-0.05, 0) is 55.6 Å². The molecule has 0 aliphatic rings. The molecule has 1 heterocycles. The van der Waals surface area contributed by atoms with Crippen LogP contribution in [0.4, 0.5) is 5.69 Å². The number of nitrogens with zero attached hydrogens (tertiary/aromatic N) is 2. The van der Waals surface area contributed by atoms with Crippen molar-refractivity contribution in [2.75, 3.05) is 18.4 Å². The number of halogens is 2. The monoisotopic (exact) mass is 417 g/mol. The Kier molecular flexibility index (Phi) is 6.27. The average molecular weight is 418 g/mol. The molecule has 7 heteroatoms. The van der Waals surface area contributed by atoms with Gasteiger partial charge in [0, 0.05) is 35.5 Å². The van der Waals surface area contributed by atoms with E-state index in [0.29, 0.717) is 34.4 Å². The number of amides is 2. The fourth-order valence-electron chi connectivity index (χ4n) is 3.10. The van der Waals surface area contributed by atoms with Gasteiger partial charge >= 0.3 is 0 Å². The Hall–Kier alpha value is -2.50. The third-order valence-corrected chi connectivity index (χ3v) is 5.13. The number of hydrogen-bond donors (Lipinski definition) is 1. The van der Waals surface area contributed by atoms with Gasteiger partial charge in [-0.15, -0.1) is 0 Å². The van der Waals surface area contributed by atoms with E-state index in [2.05, 4.69) is 5.32 Å². The maximum absolute atomic E-state index is 12.5. The highest BCUT2D eigenvalue weighted by Gasteiger charge is 2.16. The van der Waals surface area contributed by atoms with Gasteiger partial charge in [-0.25, -0.2) is 0 Å². The van der Waals surface area contributed by atoms with Crippen LogP contribution in [0.3, 0.4) is 0 Å². The van der Waals surface area contributed by atoms with Crippen molar-refractivity contribution >= 4 is 51.6 Å². The molecule has 3 aromatic rings. The third kappa shape index (κ3) is 4.32. The summed E-state index contributed by atoms with van der Waals surface area (Å²) in [6.07, 6.45) is 1.85. The van der Waals surface area contributed by atoms with Crippen molar-refractivity contribution in [2.24, 2.45) is 0 Å². The number of fused-ring (bicyclic) bond motifs is 1. The first-order valence-corrected chi connectivity index (χ1v) is 9.81. The lowest BCUT2D eigenvalue weighted by Gasteiger charge is -2.19. The summed E-state index contributed by atoms with van der Waals surface area (Å²) in [6.45, 7) is 5.20. The molecule has 0 saturated carbocycles. The quantitative estimate of drug-likeness (QED) is 0.608. The predicted octanol–water partition coefficient (Wildman–Crippen LogP) is 5.07. The summed E-state index contributed by atoms with van der Waals surface area (Å²) in [5.41, 5.74) is 1.86. The van der Waals surface area contributed by atoms with Crippen LogP contribution in [0.2, 0.25) is 10.0 Å². The van der Waals surface area contributed by atoms with Gasteiger partial charge in [-0.2, -0.15) is 0 Å². The molecule has 0 atom stereocenters. The molecule has 1 aromatic heterocycles. The first kappa shape index (κ1) is 20.2. The number of carbonyl (C=O) groups excluding carboxylic acids is 2. The molecule has 0 aliphatic heterocycles. The summed E-state index contributed by atoms with van der Waals surface area (Å²) in [7, 11) is 0. The fraction of sp³-hybridized carbons (Fsp3) is 0.238. The highest BCUT2D eigenvalue weighted by atomic mass is 35.5. The zero-order chi connectivity index (χ0) is 20.3. The Balaban J connectivity index is 1.72. The normalized spacial score (nSPS) is 10.9. The van der Waals surface area contributed by atoms with Gasteiger partial charge in [0.2, 0.25) is 5.91 Å². The lowest BCUT2D eigenvalue weighted by Crippen LogP contribution is -2.30. The summed E-state index contributed by atoms with van der Waals surface area (Å²) in [4.78, 5) is 26.6. The molecule has 5 nitrogen and oxygen atoms in total. The Bertz CT molecular complexity index is 1030. The Morgan fingerprint density at radius 3 is 2.46 bits per heavy atom. The van der Waals surface area contributed by atoms with E-state index in [1.807, 2.05) is 48.9 Å². The number of nitrogens with one attached hydrogen (secondary N) is 1. The molecule has 146 valence electrons. The Morgan fingerprint density at radius 2 is 1.79 bits per heavy atom. The van der Waals surface area contributed by atoms with Gasteiger partial charge in [0.05, 0.1) is 10.6 Å². The fourth-order valence-corrected chi connectivity index (χ4v) is 3.53. The van der Waals surface area contributed by atoms with Crippen molar-refractivity contribution in [2.45, 2.75) is 20.4 Å². The number of carbonyl (C=O) groups is 2. The first-order valence-electron chi connectivity index (χ1n) is 9.06. The Morgan fingerprint density at radius 1 is 1.04 bits per heavy atom. The van der Waals surface area contributed by atoms with E-state index in [9.17, 15) is 9.59 Å². The molecule has 2 aromatic carbocycles. The van der Waals surface area contributed by atoms with E-state index < -0.39 is 0 Å². The molecule has 0 radical (unpaired) electrons. The minimum Gasteiger partial charge on any atom is -0.339 e. The molecule has 0 unspecified atom stereocenters. The summed E-state index contributed by atoms with van der Waals surface area (Å²) in [5, 5.41) is 4.77. The van der Waals surface area contributed by atoms with E-state index in [0.717, 1.165) is 10.9 Å². The molecule has 0 saturated heterocycles. The van der Waals surface area contributed by atoms with E-state index >= 15 is 0 Å². The lowest BCUT2D eigenvalue weighted by molar-refractivity contribution is -0.116. The summed E-state index contributed by atoms with van der Waals surface area (Å²) in [6, 6.07) is 12.4. The van der Waals surface area contributed by atoms with Crippen molar-refractivity contribution in [1.29, 1.82) is 0 Å². The molecule has 0 spiro atoms. The lowest BCUT2D eigenvalue weighted by atomic mass is 10.1. The van der Waals surface area contributed by atoms with Crippen LogP contribution >= 0.6 is 23.2 Å². The molecule has 0 aliphatic carbocycles. The van der Waals surface area contributed by atoms with E-state index in [1.165, 1.54) is 0 Å². The first-order chi connectivity index (χ1) is 13.4. The number of aromatic nitrogens is 1. The van der Waals surface area contributed by atoms with Crippen LogP contribution < -0.4 is 5.32 Å². The van der Waals surface area contributed by atoms with Crippen LogP contribution in [-0.4, -0.2) is 34.4 Å². The van der Waals surface area contributed by atoms with Crippen LogP contribution in [-0.2, 0) is 11.3 Å². The van der Waals surface area contributed by atoms with Gasteiger partial charge in [0.15, 0.2) is 0 Å². The molecular formula is C21H21Cl2N3O2. The highest BCUT2D eigenvalue weighted by Crippen LogP contribution is 2.23. The van der Waals surface area contributed by atoms with Crippen molar-refractivity contribution in [1.82, 2.24) is 9.47 Å². The maximum atomic E-state index is 12.5. The van der Waals surface area contributed by atoms with E-state index in [-0.39, 0.29) is 18.4 Å². The molecule has 0 fully saturated rings. The zero-order valence-corrected chi connectivity index (χ0v) is 17.2. The topological polar surface area (TPSA) is 54.3 Å². The standard InChI is InChI=1S/C21H21Cl2N3O2/c1-3-25(4-2)21(28)17-8-7-16(12-18(17)23)24-20(27)13-26-10-9-14-5-6-15(22)11-19(14)26/h5-12H,3-4,13H2,1-2H3,(H,24,27). The number of anilines is 1. The van der Waals surface area contributed by atoms with Crippen molar-refractivity contribution < 1.29 is 9.59 Å². The third-order valence-electron chi connectivity index (χ3n) is 4.58. The zero-order valence-electron chi connectivity index (χ0n) is 15.7. The summed E-state index contributed by atoms with van der Waals surface area (Å²) >= 11 is 12.3. The predicted molar refractivity (Wildman–Crippen MR) is 114 cm³/mol. The highest BCUT2D eigenvalue weighted by molar-refractivity contribution is 6.34. The summed E-state index contributed by atoms with van der Waals surface area (Å²) in [5.74, 6) is -0.320. The smallest absolute Gasteiger partial charge is 0.255 e. The average Bonchev–Trinajstić information content (AvgIpc) is 3.04. The van der Waals surface area contributed by atoms with Gasteiger partial charge in [0.25, 0.3) is 5.91 Å². The van der Waals surface area contributed by atoms with Crippen molar-refractivity contribution in [3.8, 4) is 0 Å². The van der Waals surface area contributed by atoms with Crippen molar-refractivity contribution in [3.05, 3.63) is 64.3 Å². The van der Waals surface area contributed by atoms with Crippen LogP contribution in [0.5, 0.6) is 0 Å². The largest absolute Gasteiger partial charge is 0.339 e. The van der Waals surface area contributed by atoms with Crippen LogP contribution in [0.15, 0.2) is 48.7 Å². The number of hydrogen-bond acceptors (Lipinski definition) is 2. The summed E-state index contributed by atoms with van der Waals surface area (Å²) < 4.78 is 1.83. The van der Waals surface area contributed by atoms with Crippen molar-refractivity contribution in [3.63, 3.8) is 0 Å². The minimum atomic E-state index is -0.198. The second-order valence-electron chi connectivity index (χ2n) is 6.37. The minimum absolute atomic E-state index is 0.122. The second-order valence-corrected chi connectivity index (χ2v) is 7.21. The van der Waals surface area contributed by atoms with Crippen LogP contribution in [0.1, 0.15) is 24.2 Å². The van der Waals surface area contributed by atoms with Gasteiger partial charge < -0.3 is 14.8 Å². The van der Waals surface area contributed by atoms with Gasteiger partial charge in [-0.3, -0.25) is 9.59 Å². The molecule has 0 bridgehead atoms. The van der Waals surface area contributed by atoms with Crippen LogP contribution in [0.25, 0.3) is 10.9 Å². The van der Waals surface area contributed by atoms with E-state index in [1.54, 1.807) is 23.1 Å². The molecule has 1 N–H and O–H groups in total. The van der Waals surface area contributed by atoms with Crippen LogP contribution in [0, 0.1) is 0 Å².